The maximum atomic E-state index is 13.3. The highest BCUT2D eigenvalue weighted by atomic mass is 35.5. The Hall–Kier alpha value is -1.33. The summed E-state index contributed by atoms with van der Waals surface area (Å²) in [6.45, 7) is 7.77. The summed E-state index contributed by atoms with van der Waals surface area (Å²) < 4.78 is 0. The Kier molecular flexibility index (Phi) is 7.38. The second kappa shape index (κ2) is 9.00. The number of halogens is 1. The van der Waals surface area contributed by atoms with Crippen molar-refractivity contribution in [2.75, 3.05) is 6.54 Å². The summed E-state index contributed by atoms with van der Waals surface area (Å²) in [5.74, 6) is -1.33. The van der Waals surface area contributed by atoms with E-state index < -0.39 is 22.6 Å². The lowest BCUT2D eigenvalue weighted by Crippen LogP contribution is -2.64. The fraction of sp³-hybridized carbons (Fsp3) is 0.591. The minimum absolute atomic E-state index is 0.290. The molecule has 0 saturated carbocycles. The average Bonchev–Trinajstić information content (AvgIpc) is 2.67. The molecule has 1 saturated heterocycles. The van der Waals surface area contributed by atoms with Crippen LogP contribution in [0.15, 0.2) is 24.3 Å². The van der Waals surface area contributed by atoms with Gasteiger partial charge in [0.05, 0.1) is 0 Å². The topological polar surface area (TPSA) is 54.5 Å². The zero-order valence-corrected chi connectivity index (χ0v) is 18.8. The van der Waals surface area contributed by atoms with Crippen LogP contribution in [0.5, 0.6) is 0 Å². The van der Waals surface area contributed by atoms with Gasteiger partial charge in [-0.3, -0.25) is 14.4 Å². The van der Waals surface area contributed by atoms with Gasteiger partial charge in [0.15, 0.2) is 0 Å². The maximum Gasteiger partial charge on any atom is 0.291 e. The Balaban J connectivity index is 2.61. The first-order valence-electron chi connectivity index (χ1n) is 9.97. The van der Waals surface area contributed by atoms with E-state index in [1.807, 2.05) is 32.0 Å². The number of carbonyl (C=O) groups excluding carboxylic acids is 3. The largest absolute Gasteiger partial charge is 0.322 e. The van der Waals surface area contributed by atoms with Crippen molar-refractivity contribution >= 4 is 41.0 Å². The third-order valence-corrected chi connectivity index (χ3v) is 6.88. The molecule has 1 aliphatic heterocycles. The van der Waals surface area contributed by atoms with E-state index in [0.29, 0.717) is 43.7 Å². The highest BCUT2D eigenvalue weighted by Gasteiger charge is 2.54. The minimum atomic E-state index is -1.17. The van der Waals surface area contributed by atoms with Crippen molar-refractivity contribution < 1.29 is 14.4 Å². The molecule has 28 heavy (non-hydrogen) atoms. The van der Waals surface area contributed by atoms with Gasteiger partial charge < -0.3 is 4.90 Å². The summed E-state index contributed by atoms with van der Waals surface area (Å²) in [4.78, 5) is 40.8. The highest BCUT2D eigenvalue weighted by Crippen LogP contribution is 2.47. The van der Waals surface area contributed by atoms with Crippen molar-refractivity contribution in [1.29, 1.82) is 0 Å². The van der Waals surface area contributed by atoms with Gasteiger partial charge in [0.1, 0.15) is 5.54 Å². The molecule has 6 heteroatoms. The van der Waals surface area contributed by atoms with Crippen LogP contribution in [0.4, 0.5) is 0 Å². The van der Waals surface area contributed by atoms with E-state index in [-0.39, 0.29) is 11.0 Å². The van der Waals surface area contributed by atoms with Gasteiger partial charge in [0.2, 0.25) is 10.9 Å². The van der Waals surface area contributed by atoms with E-state index in [4.69, 9.17) is 11.6 Å². The van der Waals surface area contributed by atoms with Crippen LogP contribution >= 0.6 is 24.2 Å². The molecule has 2 rings (SSSR count). The first-order valence-corrected chi connectivity index (χ1v) is 10.8. The molecule has 1 aromatic carbocycles. The van der Waals surface area contributed by atoms with Crippen molar-refractivity contribution in [2.24, 2.45) is 5.41 Å². The van der Waals surface area contributed by atoms with E-state index in [9.17, 15) is 14.4 Å². The van der Waals surface area contributed by atoms with Gasteiger partial charge in [0, 0.05) is 22.9 Å². The number of piperidine rings is 1. The van der Waals surface area contributed by atoms with Gasteiger partial charge in [0.25, 0.3) is 5.91 Å². The summed E-state index contributed by atoms with van der Waals surface area (Å²) in [6, 6.07) is 7.42. The van der Waals surface area contributed by atoms with E-state index in [0.717, 1.165) is 5.56 Å². The molecular weight excluding hydrogens is 394 g/mol. The zero-order valence-electron chi connectivity index (χ0n) is 17.1. The van der Waals surface area contributed by atoms with Crippen LogP contribution in [0, 0.1) is 5.41 Å². The number of thiol groups is 1. The fourth-order valence-electron chi connectivity index (χ4n) is 4.17. The lowest BCUT2D eigenvalue weighted by Gasteiger charge is -2.50. The smallest absolute Gasteiger partial charge is 0.291 e. The van der Waals surface area contributed by atoms with Crippen LogP contribution in [-0.2, 0) is 14.4 Å². The lowest BCUT2D eigenvalue weighted by molar-refractivity contribution is -0.158. The fourth-order valence-corrected chi connectivity index (χ4v) is 4.82. The van der Waals surface area contributed by atoms with Gasteiger partial charge in [-0.25, -0.2) is 0 Å². The molecular formula is C22H30ClNO3S. The predicted molar refractivity (Wildman–Crippen MR) is 116 cm³/mol. The third kappa shape index (κ3) is 4.02. The molecule has 4 nitrogen and oxygen atoms in total. The van der Waals surface area contributed by atoms with Crippen LogP contribution in [0.2, 0.25) is 5.02 Å². The van der Waals surface area contributed by atoms with E-state index >= 15 is 0 Å². The summed E-state index contributed by atoms with van der Waals surface area (Å²) in [5.41, 5.74) is -1.11. The van der Waals surface area contributed by atoms with Gasteiger partial charge in [-0.1, -0.05) is 63.9 Å². The van der Waals surface area contributed by atoms with Crippen molar-refractivity contribution in [3.8, 4) is 0 Å². The lowest BCUT2D eigenvalue weighted by atomic mass is 9.70. The van der Waals surface area contributed by atoms with Crippen molar-refractivity contribution in [3.63, 3.8) is 0 Å². The van der Waals surface area contributed by atoms with Crippen LogP contribution in [-0.4, -0.2) is 33.8 Å². The van der Waals surface area contributed by atoms with Crippen molar-refractivity contribution in [3.05, 3.63) is 34.9 Å². The highest BCUT2D eigenvalue weighted by molar-refractivity contribution is 7.96. The molecule has 0 spiro atoms. The van der Waals surface area contributed by atoms with E-state index in [1.165, 1.54) is 4.90 Å². The second-order valence-electron chi connectivity index (χ2n) is 8.22. The Morgan fingerprint density at radius 1 is 1.25 bits per heavy atom. The molecule has 0 aliphatic carbocycles. The molecule has 0 aromatic heterocycles. The number of rotatable bonds is 7. The number of likely N-dealkylation sites (tertiary alicyclic amines) is 1. The van der Waals surface area contributed by atoms with Crippen LogP contribution in [0.3, 0.4) is 0 Å². The molecule has 1 fully saturated rings. The molecule has 1 aliphatic rings. The first-order chi connectivity index (χ1) is 13.1. The first kappa shape index (κ1) is 23.0. The Morgan fingerprint density at radius 2 is 1.89 bits per heavy atom. The number of carbonyl (C=O) groups is 3. The number of hydrogen-bond donors (Lipinski definition) is 1. The summed E-state index contributed by atoms with van der Waals surface area (Å²) >= 11 is 10.7. The second-order valence-corrected chi connectivity index (χ2v) is 9.03. The maximum absolute atomic E-state index is 13.3. The molecule has 2 atom stereocenters. The Labute approximate surface area is 178 Å². The number of Topliss-reactive ketones (excluding diaryl/α,β-unsaturated/α-hetero) is 1. The zero-order chi connectivity index (χ0) is 21.1. The number of ketones is 1. The monoisotopic (exact) mass is 423 g/mol. The minimum Gasteiger partial charge on any atom is -0.322 e. The van der Waals surface area contributed by atoms with Crippen molar-refractivity contribution in [1.82, 2.24) is 4.90 Å². The molecule has 0 N–H and O–H groups in total. The molecule has 1 amide bonds. The van der Waals surface area contributed by atoms with Gasteiger partial charge in [-0.15, -0.1) is 12.6 Å². The van der Waals surface area contributed by atoms with E-state index in [1.54, 1.807) is 19.9 Å². The van der Waals surface area contributed by atoms with Gasteiger partial charge >= 0.3 is 0 Å². The summed E-state index contributed by atoms with van der Waals surface area (Å²) in [5, 5.41) is 0.187. The standard InChI is InChI=1S/C22H30ClNO3S/c1-5-13-22(20(27)28)16(15-10-7-8-12-17(15)23)11-9-14-24(22)19(26)18(25)21(3,4)6-2/h7-8,10,12,16H,5-6,9,11,13-14H2,1-4H3,(H,27,28). The van der Waals surface area contributed by atoms with Gasteiger partial charge in [-0.05, 0) is 37.3 Å². The van der Waals surface area contributed by atoms with Crippen LogP contribution in [0.25, 0.3) is 0 Å². The molecule has 0 radical (unpaired) electrons. The van der Waals surface area contributed by atoms with Crippen LogP contribution < -0.4 is 0 Å². The van der Waals surface area contributed by atoms with Crippen molar-refractivity contribution in [2.45, 2.75) is 71.3 Å². The predicted octanol–water partition coefficient (Wildman–Crippen LogP) is 5.05. The van der Waals surface area contributed by atoms with Crippen LogP contribution in [0.1, 0.15) is 71.3 Å². The normalized spacial score (nSPS) is 22.8. The Morgan fingerprint density at radius 3 is 2.43 bits per heavy atom. The SMILES string of the molecule is CCCC1(C(=O)S)C(c2ccccc2Cl)CCCN1C(=O)C(=O)C(C)(C)CC. The summed E-state index contributed by atoms with van der Waals surface area (Å²) in [6.07, 6.45) is 3.09. The van der Waals surface area contributed by atoms with E-state index in [2.05, 4.69) is 12.6 Å². The molecule has 1 aromatic rings. The Bertz CT molecular complexity index is 764. The summed E-state index contributed by atoms with van der Waals surface area (Å²) in [7, 11) is 0. The number of benzene rings is 1. The number of nitrogens with zero attached hydrogens (tertiary/aromatic N) is 1. The molecule has 2 unspecified atom stereocenters. The third-order valence-electron chi connectivity index (χ3n) is 6.15. The quantitative estimate of drug-likeness (QED) is 0.493. The number of amides is 1. The number of hydrogen-bond acceptors (Lipinski definition) is 3. The van der Waals surface area contributed by atoms with Gasteiger partial charge in [-0.2, -0.15) is 0 Å². The molecule has 154 valence electrons. The molecule has 1 heterocycles. The molecule has 0 bridgehead atoms. The average molecular weight is 424 g/mol.